The van der Waals surface area contributed by atoms with E-state index in [1.807, 2.05) is 85.1 Å². The van der Waals surface area contributed by atoms with Crippen molar-refractivity contribution in [3.63, 3.8) is 0 Å². The highest BCUT2D eigenvalue weighted by Crippen LogP contribution is 2.50. The normalized spacial score (nSPS) is 11.3. The van der Waals surface area contributed by atoms with Gasteiger partial charge in [-0.2, -0.15) is 5.26 Å². The molecule has 0 aliphatic carbocycles. The molecule has 0 saturated heterocycles. The minimum Gasteiger partial charge on any atom is -0.456 e. The Morgan fingerprint density at radius 2 is 1.41 bits per heavy atom. The number of thioether (sulfide) groups is 1. The van der Waals surface area contributed by atoms with Gasteiger partial charge in [-0.1, -0.05) is 60.7 Å². The number of aromatic nitrogens is 1. The summed E-state index contributed by atoms with van der Waals surface area (Å²) in [6.07, 6.45) is 2.01. The van der Waals surface area contributed by atoms with E-state index >= 15 is 0 Å². The highest BCUT2D eigenvalue weighted by atomic mass is 32.2. The molecule has 1 aromatic heterocycles. The van der Waals surface area contributed by atoms with Gasteiger partial charge in [-0.15, -0.1) is 11.8 Å². The van der Waals surface area contributed by atoms with E-state index in [1.54, 1.807) is 11.8 Å². The van der Waals surface area contributed by atoms with Gasteiger partial charge in [0.15, 0.2) is 0 Å². The molecule has 0 radical (unpaired) electrons. The molecule has 5 rings (SSSR count). The highest BCUT2D eigenvalue weighted by molar-refractivity contribution is 7.98. The first-order valence-electron chi connectivity index (χ1n) is 9.26. The number of hydrogen-bond acceptors (Lipinski definition) is 4. The zero-order valence-corrected chi connectivity index (χ0v) is 16.5. The fourth-order valence-corrected chi connectivity index (χ4v) is 4.51. The predicted molar refractivity (Wildman–Crippen MR) is 117 cm³/mol. The van der Waals surface area contributed by atoms with Crippen LogP contribution in [0, 0.1) is 11.3 Å². The van der Waals surface area contributed by atoms with Crippen LogP contribution < -0.4 is 4.74 Å². The largest absolute Gasteiger partial charge is 0.456 e. The fraction of sp³-hybridized carbons (Fsp3) is 0.0400. The SMILES string of the molecule is CSc1c(C#N)c(-c2ccccc2)nc2c1-c1ccccc1Oc1ccccc1-2. The van der Waals surface area contributed by atoms with Crippen LogP contribution in [-0.4, -0.2) is 11.2 Å². The Kier molecular flexibility index (Phi) is 4.31. The number of fused-ring (bicyclic) bond motifs is 5. The van der Waals surface area contributed by atoms with Gasteiger partial charge in [-0.25, -0.2) is 4.98 Å². The van der Waals surface area contributed by atoms with Crippen molar-refractivity contribution >= 4 is 11.8 Å². The van der Waals surface area contributed by atoms with Crippen LogP contribution >= 0.6 is 11.8 Å². The standard InChI is InChI=1S/C25H16N2OS/c1-29-25-19(15-26)23(16-9-3-2-4-10-16)27-24-18-12-6-8-14-21(18)28-20-13-7-5-11-17(20)22(24)25/h2-14H,1H3. The molecule has 0 atom stereocenters. The minimum atomic E-state index is 0.594. The van der Waals surface area contributed by atoms with Gasteiger partial charge in [-0.3, -0.25) is 0 Å². The Balaban J connectivity index is 1.96. The van der Waals surface area contributed by atoms with Gasteiger partial charge in [0, 0.05) is 27.1 Å². The Hall–Kier alpha value is -3.55. The molecule has 3 aromatic carbocycles. The van der Waals surface area contributed by atoms with E-state index in [-0.39, 0.29) is 0 Å². The monoisotopic (exact) mass is 392 g/mol. The summed E-state index contributed by atoms with van der Waals surface area (Å²) in [6.45, 7) is 0. The third kappa shape index (κ3) is 2.79. The number of nitriles is 1. The van der Waals surface area contributed by atoms with Gasteiger partial charge in [0.1, 0.15) is 17.6 Å². The molecule has 1 aliphatic rings. The quantitative estimate of drug-likeness (QED) is 0.311. The second-order valence-corrected chi connectivity index (χ2v) is 7.48. The van der Waals surface area contributed by atoms with Crippen LogP contribution in [0.4, 0.5) is 0 Å². The van der Waals surface area contributed by atoms with Gasteiger partial charge in [0.05, 0.1) is 17.0 Å². The Morgan fingerprint density at radius 1 is 0.793 bits per heavy atom. The van der Waals surface area contributed by atoms with Crippen LogP contribution in [0.15, 0.2) is 83.8 Å². The summed E-state index contributed by atoms with van der Waals surface area (Å²) in [5, 5.41) is 10.1. The Morgan fingerprint density at radius 3 is 2.10 bits per heavy atom. The lowest BCUT2D eigenvalue weighted by atomic mass is 9.95. The van der Waals surface area contributed by atoms with E-state index in [4.69, 9.17) is 9.72 Å². The maximum atomic E-state index is 10.1. The van der Waals surface area contributed by atoms with Crippen molar-refractivity contribution in [1.29, 1.82) is 5.26 Å². The van der Waals surface area contributed by atoms with Crippen molar-refractivity contribution in [2.45, 2.75) is 4.90 Å². The molecule has 29 heavy (non-hydrogen) atoms. The van der Waals surface area contributed by atoms with Gasteiger partial charge in [0.25, 0.3) is 0 Å². The van der Waals surface area contributed by atoms with Gasteiger partial charge in [-0.05, 0) is 24.5 Å². The summed E-state index contributed by atoms with van der Waals surface area (Å²) in [5.41, 5.74) is 5.89. The predicted octanol–water partition coefficient (Wildman–Crippen LogP) is 6.78. The number of hydrogen-bond donors (Lipinski definition) is 0. The zero-order valence-electron chi connectivity index (χ0n) is 15.7. The molecule has 0 bridgehead atoms. The van der Waals surface area contributed by atoms with Crippen LogP contribution in [0.5, 0.6) is 11.5 Å². The number of pyridine rings is 1. The Labute approximate surface area is 173 Å². The molecule has 0 amide bonds. The lowest BCUT2D eigenvalue weighted by Gasteiger charge is -2.17. The van der Waals surface area contributed by atoms with Crippen LogP contribution in [0.3, 0.4) is 0 Å². The number of benzene rings is 3. The molecular formula is C25H16N2OS. The third-order valence-corrected chi connectivity index (χ3v) is 5.85. The molecule has 4 aromatic rings. The van der Waals surface area contributed by atoms with Crippen LogP contribution in [0.1, 0.15) is 5.56 Å². The number of para-hydroxylation sites is 2. The average Bonchev–Trinajstić information content (AvgIpc) is 2.92. The molecule has 0 fully saturated rings. The molecule has 4 heteroatoms. The number of rotatable bonds is 2. The summed E-state index contributed by atoms with van der Waals surface area (Å²) in [7, 11) is 0. The van der Waals surface area contributed by atoms with Crippen molar-refractivity contribution < 1.29 is 4.74 Å². The molecular weight excluding hydrogens is 376 g/mol. The van der Waals surface area contributed by atoms with Crippen molar-refractivity contribution in [2.24, 2.45) is 0 Å². The number of ether oxygens (including phenoxy) is 1. The molecule has 3 nitrogen and oxygen atoms in total. The van der Waals surface area contributed by atoms with E-state index in [9.17, 15) is 5.26 Å². The summed E-state index contributed by atoms with van der Waals surface area (Å²) in [6, 6.07) is 28.2. The first-order valence-corrected chi connectivity index (χ1v) is 10.5. The van der Waals surface area contributed by atoms with E-state index in [0.717, 1.165) is 44.3 Å². The summed E-state index contributed by atoms with van der Waals surface area (Å²) in [4.78, 5) is 5.97. The van der Waals surface area contributed by atoms with E-state index in [0.29, 0.717) is 11.3 Å². The topological polar surface area (TPSA) is 45.9 Å². The first-order chi connectivity index (χ1) is 14.3. The molecule has 138 valence electrons. The lowest BCUT2D eigenvalue weighted by molar-refractivity contribution is 0.487. The Bertz CT molecular complexity index is 1280. The van der Waals surface area contributed by atoms with Crippen molar-refractivity contribution in [3.05, 3.63) is 84.4 Å². The maximum Gasteiger partial charge on any atom is 0.136 e. The molecule has 0 saturated carbocycles. The summed E-state index contributed by atoms with van der Waals surface area (Å²) >= 11 is 1.57. The average molecular weight is 392 g/mol. The van der Waals surface area contributed by atoms with Crippen molar-refractivity contribution in [3.8, 4) is 51.2 Å². The second kappa shape index (κ2) is 7.12. The fourth-order valence-electron chi connectivity index (χ4n) is 3.75. The molecule has 1 aliphatic heterocycles. The first kappa shape index (κ1) is 17.5. The minimum absolute atomic E-state index is 0.594. The second-order valence-electron chi connectivity index (χ2n) is 6.66. The lowest BCUT2D eigenvalue weighted by Crippen LogP contribution is -1.99. The molecule has 0 N–H and O–H groups in total. The van der Waals surface area contributed by atoms with Crippen LogP contribution in [-0.2, 0) is 0 Å². The summed E-state index contributed by atoms with van der Waals surface area (Å²) < 4.78 is 6.27. The van der Waals surface area contributed by atoms with E-state index < -0.39 is 0 Å². The molecule has 2 heterocycles. The van der Waals surface area contributed by atoms with Gasteiger partial charge in [0.2, 0.25) is 0 Å². The molecule has 0 spiro atoms. The van der Waals surface area contributed by atoms with Crippen molar-refractivity contribution in [2.75, 3.05) is 6.26 Å². The van der Waals surface area contributed by atoms with Crippen LogP contribution in [0.25, 0.3) is 33.6 Å². The van der Waals surface area contributed by atoms with Crippen LogP contribution in [0.2, 0.25) is 0 Å². The van der Waals surface area contributed by atoms with Crippen molar-refractivity contribution in [1.82, 2.24) is 4.98 Å². The van der Waals surface area contributed by atoms with Gasteiger partial charge >= 0.3 is 0 Å². The summed E-state index contributed by atoms with van der Waals surface area (Å²) in [5.74, 6) is 1.54. The highest BCUT2D eigenvalue weighted by Gasteiger charge is 2.28. The molecule has 0 unspecified atom stereocenters. The number of nitrogens with zero attached hydrogens (tertiary/aromatic N) is 2. The smallest absolute Gasteiger partial charge is 0.136 e. The van der Waals surface area contributed by atoms with E-state index in [2.05, 4.69) is 6.07 Å². The van der Waals surface area contributed by atoms with Gasteiger partial charge < -0.3 is 4.74 Å². The maximum absolute atomic E-state index is 10.1. The third-order valence-electron chi connectivity index (χ3n) is 5.03. The van der Waals surface area contributed by atoms with E-state index in [1.165, 1.54) is 0 Å². The zero-order chi connectivity index (χ0) is 19.8.